The Bertz CT molecular complexity index is 324. The molecule has 0 amide bonds. The molecule has 1 atom stereocenters. The van der Waals surface area contributed by atoms with Gasteiger partial charge in [-0.1, -0.05) is 13.3 Å². The van der Waals surface area contributed by atoms with Crippen molar-refractivity contribution in [3.05, 3.63) is 0 Å². The van der Waals surface area contributed by atoms with E-state index in [-0.39, 0.29) is 0 Å². The van der Waals surface area contributed by atoms with Gasteiger partial charge in [-0.15, -0.1) is 0 Å². The van der Waals surface area contributed by atoms with Gasteiger partial charge in [0.15, 0.2) is 0 Å². The Morgan fingerprint density at radius 1 is 0.500 bits per heavy atom. The van der Waals surface area contributed by atoms with Crippen LogP contribution >= 0.6 is 0 Å². The minimum absolute atomic E-state index is 0.519. The monoisotopic (exact) mass is 522 g/mol. The van der Waals surface area contributed by atoms with E-state index in [2.05, 4.69) is 27.7 Å². The molecule has 0 fully saturated rings. The molecule has 0 aliphatic heterocycles. The van der Waals surface area contributed by atoms with Crippen LogP contribution in [0.4, 0.5) is 0 Å². The van der Waals surface area contributed by atoms with E-state index in [1.165, 1.54) is 120 Å². The summed E-state index contributed by atoms with van der Waals surface area (Å²) in [6.07, 6.45) is 21.9. The molecule has 1 unspecified atom stereocenters. The molecule has 0 heterocycles. The summed E-state index contributed by atoms with van der Waals surface area (Å²) < 4.78 is 18.7. The third-order valence-corrected chi connectivity index (χ3v) is 28.2. The maximum atomic E-state index is 12.9. The van der Waals surface area contributed by atoms with E-state index in [4.69, 9.17) is 0 Å². The average molecular weight is 521 g/mol. The second-order valence-corrected chi connectivity index (χ2v) is 26.2. The summed E-state index contributed by atoms with van der Waals surface area (Å²) in [6.45, 7) is 9.28. The Labute approximate surface area is 185 Å². The van der Waals surface area contributed by atoms with Crippen molar-refractivity contribution in [3.8, 4) is 0 Å². The van der Waals surface area contributed by atoms with Gasteiger partial charge >= 0.3 is 173 Å². The first-order valence-electron chi connectivity index (χ1n) is 13.0. The van der Waals surface area contributed by atoms with Gasteiger partial charge in [0.1, 0.15) is 0 Å². The van der Waals surface area contributed by atoms with Crippen molar-refractivity contribution >= 4 is 29.2 Å². The van der Waals surface area contributed by atoms with Gasteiger partial charge in [-0.3, -0.25) is 0 Å². The van der Waals surface area contributed by atoms with Gasteiger partial charge in [0, 0.05) is 0 Å². The summed E-state index contributed by atoms with van der Waals surface area (Å²) in [5, 5.41) is 0. The molecule has 0 saturated heterocycles. The van der Waals surface area contributed by atoms with Crippen LogP contribution in [-0.4, -0.2) is 32.1 Å². The molecule has 0 radical (unpaired) electrons. The van der Waals surface area contributed by atoms with Crippen molar-refractivity contribution in [2.24, 2.45) is 0 Å². The number of unbranched alkanes of at least 4 members (excludes halogenated alkanes) is 12. The van der Waals surface area contributed by atoms with E-state index in [1.807, 2.05) is 0 Å². The number of rotatable bonds is 22. The molecule has 0 aliphatic carbocycles. The Morgan fingerprint density at radius 2 is 0.857 bits per heavy atom. The SMILES string of the molecule is CCCCCCCCCCCCS(=O)[CH2][Sn]([CH2]CCC)([CH2]CCC)[CH2]CCC. The summed E-state index contributed by atoms with van der Waals surface area (Å²) in [5.41, 5.74) is 0. The molecule has 1 nitrogen and oxygen atoms in total. The van der Waals surface area contributed by atoms with E-state index < -0.39 is 29.2 Å². The predicted molar refractivity (Wildman–Crippen MR) is 135 cm³/mol. The average Bonchev–Trinajstić information content (AvgIpc) is 2.70. The van der Waals surface area contributed by atoms with Crippen LogP contribution in [-0.2, 0) is 10.8 Å². The molecule has 0 bridgehead atoms. The van der Waals surface area contributed by atoms with Gasteiger partial charge in [0.2, 0.25) is 0 Å². The minimum atomic E-state index is -2.18. The van der Waals surface area contributed by atoms with E-state index in [0.29, 0.717) is 0 Å². The number of hydrogen-bond donors (Lipinski definition) is 0. The van der Waals surface area contributed by atoms with Gasteiger partial charge in [-0.2, -0.15) is 0 Å². The molecule has 0 aromatic carbocycles. The van der Waals surface area contributed by atoms with E-state index in [1.54, 1.807) is 0 Å². The van der Waals surface area contributed by atoms with Crippen LogP contribution in [0, 0.1) is 0 Å². The van der Waals surface area contributed by atoms with Crippen LogP contribution in [0.25, 0.3) is 0 Å². The first kappa shape index (κ1) is 28.9. The summed E-state index contributed by atoms with van der Waals surface area (Å²) in [5.74, 6) is 1.000. The van der Waals surface area contributed by atoms with Crippen molar-refractivity contribution < 1.29 is 4.21 Å². The topological polar surface area (TPSA) is 17.1 Å². The van der Waals surface area contributed by atoms with Crippen molar-refractivity contribution in [2.45, 2.75) is 144 Å². The van der Waals surface area contributed by atoms with Crippen molar-refractivity contribution in [1.29, 1.82) is 0 Å². The molecule has 0 aliphatic rings. The quantitative estimate of drug-likeness (QED) is 0.103. The van der Waals surface area contributed by atoms with Crippen molar-refractivity contribution in [3.63, 3.8) is 0 Å². The van der Waals surface area contributed by atoms with Crippen LogP contribution in [0.1, 0.15) is 130 Å². The number of hydrogen-bond acceptors (Lipinski definition) is 1. The van der Waals surface area contributed by atoms with Crippen LogP contribution < -0.4 is 0 Å². The Hall–Kier alpha value is 0.949. The van der Waals surface area contributed by atoms with Gasteiger partial charge in [-0.25, -0.2) is 0 Å². The van der Waals surface area contributed by atoms with Crippen molar-refractivity contribution in [2.75, 3.05) is 9.52 Å². The fourth-order valence-corrected chi connectivity index (χ4v) is 28.6. The molecule has 0 aromatic heterocycles. The van der Waals surface area contributed by atoms with Gasteiger partial charge < -0.3 is 0 Å². The van der Waals surface area contributed by atoms with E-state index in [9.17, 15) is 4.21 Å². The molecule has 0 spiro atoms. The first-order valence-corrected chi connectivity index (χ1v) is 22.5. The predicted octanol–water partition coefficient (Wildman–Crippen LogP) is 9.04. The molecule has 170 valence electrons. The van der Waals surface area contributed by atoms with E-state index in [0.717, 1.165) is 5.75 Å². The van der Waals surface area contributed by atoms with Gasteiger partial charge in [-0.05, 0) is 0 Å². The molecule has 0 saturated carbocycles. The maximum absolute atomic E-state index is 12.9. The molecule has 28 heavy (non-hydrogen) atoms. The van der Waals surface area contributed by atoms with Crippen LogP contribution in [0.15, 0.2) is 0 Å². The van der Waals surface area contributed by atoms with Crippen LogP contribution in [0.2, 0.25) is 13.3 Å². The zero-order chi connectivity index (χ0) is 20.9. The molecule has 0 rings (SSSR count). The molecule has 0 N–H and O–H groups in total. The normalized spacial score (nSPS) is 13.1. The van der Waals surface area contributed by atoms with Gasteiger partial charge in [0.25, 0.3) is 0 Å². The van der Waals surface area contributed by atoms with Crippen LogP contribution in [0.5, 0.6) is 0 Å². The summed E-state index contributed by atoms with van der Waals surface area (Å²) in [7, 11) is -0.519. The zero-order valence-electron chi connectivity index (χ0n) is 20.2. The molecular formula is C25H54OSSn. The molecular weight excluding hydrogens is 467 g/mol. The Morgan fingerprint density at radius 3 is 1.25 bits per heavy atom. The molecule has 3 heteroatoms. The summed E-state index contributed by atoms with van der Waals surface area (Å²) in [6, 6.07) is 0. The Balaban J connectivity index is 4.13. The summed E-state index contributed by atoms with van der Waals surface area (Å²) >= 11 is -2.18. The molecule has 0 aromatic rings. The zero-order valence-corrected chi connectivity index (χ0v) is 23.8. The third-order valence-electron chi connectivity index (χ3n) is 6.37. The van der Waals surface area contributed by atoms with E-state index >= 15 is 0 Å². The second kappa shape index (κ2) is 21.2. The standard InChI is InChI=1S/C13H27OS.3C4H9.Sn/c1-3-4-5-6-7-8-9-10-11-12-13-15(2)14;3*1-3-4-2;/h2-13H2,1H3;3*1,3-4H2,2H3;. The van der Waals surface area contributed by atoms with Crippen molar-refractivity contribution in [1.82, 2.24) is 0 Å². The third kappa shape index (κ3) is 16.7. The van der Waals surface area contributed by atoms with Gasteiger partial charge in [0.05, 0.1) is 0 Å². The fraction of sp³-hybridized carbons (Fsp3) is 1.00. The fourth-order valence-electron chi connectivity index (χ4n) is 4.41. The van der Waals surface area contributed by atoms with Crippen LogP contribution in [0.3, 0.4) is 0 Å². The Kier molecular flexibility index (Phi) is 21.9. The second-order valence-electron chi connectivity index (χ2n) is 9.28. The summed E-state index contributed by atoms with van der Waals surface area (Å²) in [4.78, 5) is 0. The first-order chi connectivity index (χ1) is 13.6.